The summed E-state index contributed by atoms with van der Waals surface area (Å²) in [4.78, 5) is 54.1. The van der Waals surface area contributed by atoms with Gasteiger partial charge in [-0.05, 0) is 113 Å². The van der Waals surface area contributed by atoms with Crippen LogP contribution in [-0.4, -0.2) is 68.5 Å². The van der Waals surface area contributed by atoms with E-state index in [2.05, 4.69) is 10.3 Å². The van der Waals surface area contributed by atoms with Gasteiger partial charge in [0.15, 0.2) is 0 Å². The van der Waals surface area contributed by atoms with Crippen LogP contribution in [0, 0.1) is 10.1 Å². The molecule has 57 heavy (non-hydrogen) atoms. The lowest BCUT2D eigenvalue weighted by Gasteiger charge is -2.31. The summed E-state index contributed by atoms with van der Waals surface area (Å²) >= 11 is 0. The van der Waals surface area contributed by atoms with Crippen LogP contribution in [0.25, 0.3) is 0 Å². The smallest absolute Gasteiger partial charge is 0.478 e. The molecule has 2 amide bonds. The summed E-state index contributed by atoms with van der Waals surface area (Å²) in [5, 5.41) is 18.5. The zero-order valence-corrected chi connectivity index (χ0v) is 33.8. The fraction of sp³-hybridized carbons (Fsp3) is 0.564. The van der Waals surface area contributed by atoms with Gasteiger partial charge in [-0.25, -0.2) is 37.7 Å². The number of unbranched alkanes of at least 4 members (excludes halogenated alkanes) is 1. The topological polar surface area (TPSA) is 186 Å². The van der Waals surface area contributed by atoms with Crippen LogP contribution >= 0.6 is 0 Å². The Morgan fingerprint density at radius 2 is 1.63 bits per heavy atom. The first-order valence-corrected chi connectivity index (χ1v) is 18.7. The minimum atomic E-state index is -3.00. The van der Waals surface area contributed by atoms with Gasteiger partial charge in [-0.15, -0.1) is 0 Å². The molecule has 18 heteroatoms. The minimum Gasteiger partial charge on any atom is -0.478 e. The van der Waals surface area contributed by atoms with Crippen molar-refractivity contribution in [2.75, 3.05) is 18.1 Å². The molecule has 0 radical (unpaired) electrons. The molecule has 16 nitrogen and oxygen atoms in total. The molecule has 1 aromatic carbocycles. The van der Waals surface area contributed by atoms with Gasteiger partial charge < -0.3 is 29.0 Å². The lowest BCUT2D eigenvalue weighted by atomic mass is 10.0. The van der Waals surface area contributed by atoms with Gasteiger partial charge in [0.05, 0.1) is 28.5 Å². The number of alkyl carbamates (subject to hydrolysis) is 1. The molecule has 312 valence electrons. The second-order valence-electron chi connectivity index (χ2n) is 16.6. The molecule has 0 saturated heterocycles. The minimum absolute atomic E-state index is 0.00899. The standard InChI is InChI=1S/C39H52F2N6O10/c1-37(2,3)46-32(23-29(44-46)24-12-15-28(20-24)55-36(50)54-27-16-13-25(14-17-27)47(51)52)45(35(49)57-39(7,8)9)26-21-30(33(40)41)43-31(22-26)53-19-11-10-18-42-34(48)56-38(4,5)6/h13-14,16-17,21-24,28,33H,10-12,15,18-20H2,1-9H3,(H,42,48)/t24-,28+/m0/s1. The summed E-state index contributed by atoms with van der Waals surface area (Å²) < 4.78 is 57.9. The summed E-state index contributed by atoms with van der Waals surface area (Å²) in [6.45, 7) is 16.3. The number of anilines is 2. The summed E-state index contributed by atoms with van der Waals surface area (Å²) in [6, 6.07) is 9.19. The average Bonchev–Trinajstić information content (AvgIpc) is 3.73. The molecule has 0 bridgehead atoms. The Hall–Kier alpha value is -5.55. The second-order valence-corrected chi connectivity index (χ2v) is 16.6. The van der Waals surface area contributed by atoms with Gasteiger partial charge in [-0.2, -0.15) is 5.10 Å². The molecular weight excluding hydrogens is 750 g/mol. The number of nitro benzene ring substituents is 1. The number of hydrogen-bond donors (Lipinski definition) is 1. The highest BCUT2D eigenvalue weighted by molar-refractivity contribution is 5.95. The summed E-state index contributed by atoms with van der Waals surface area (Å²) in [5.74, 6) is -0.0415. The highest BCUT2D eigenvalue weighted by Crippen LogP contribution is 2.41. The van der Waals surface area contributed by atoms with E-state index in [9.17, 15) is 33.3 Å². The Balaban J connectivity index is 1.57. The van der Waals surface area contributed by atoms with E-state index in [1.54, 1.807) is 52.3 Å². The van der Waals surface area contributed by atoms with Crippen molar-refractivity contribution in [1.29, 1.82) is 0 Å². The van der Waals surface area contributed by atoms with Gasteiger partial charge in [-0.1, -0.05) is 0 Å². The number of amides is 2. The molecule has 2 aromatic heterocycles. The number of nitro groups is 1. The molecule has 1 aliphatic carbocycles. The zero-order valence-electron chi connectivity index (χ0n) is 33.8. The van der Waals surface area contributed by atoms with E-state index in [4.69, 9.17) is 28.8 Å². The van der Waals surface area contributed by atoms with Gasteiger partial charge in [0.2, 0.25) is 5.88 Å². The Kier molecular flexibility index (Phi) is 14.1. The van der Waals surface area contributed by atoms with Gasteiger partial charge in [0.1, 0.15) is 34.6 Å². The largest absolute Gasteiger partial charge is 0.514 e. The number of aromatic nitrogens is 3. The predicted molar refractivity (Wildman–Crippen MR) is 204 cm³/mol. The predicted octanol–water partition coefficient (Wildman–Crippen LogP) is 9.49. The SMILES string of the molecule is CC(C)(C)OC(=O)NCCCCOc1cc(N(C(=O)OC(C)(C)C)c2cc([C@H]3CC[C@@H](OC(=O)Oc4ccc([N+](=O)[O-])cc4)C3)nn2C(C)(C)C)cc(C(F)F)n1. The molecule has 3 aromatic rings. The maximum absolute atomic E-state index is 14.3. The first-order valence-electron chi connectivity index (χ1n) is 18.7. The number of non-ortho nitro benzene ring substituents is 1. The molecular formula is C39H52F2N6O10. The van der Waals surface area contributed by atoms with Crippen LogP contribution < -0.4 is 19.7 Å². The third-order valence-electron chi connectivity index (χ3n) is 8.24. The first kappa shape index (κ1) is 44.2. The van der Waals surface area contributed by atoms with Crippen molar-refractivity contribution in [2.45, 2.75) is 130 Å². The Morgan fingerprint density at radius 1 is 0.965 bits per heavy atom. The van der Waals surface area contributed by atoms with Crippen LogP contribution in [0.2, 0.25) is 0 Å². The van der Waals surface area contributed by atoms with Gasteiger partial charge >= 0.3 is 18.3 Å². The molecule has 2 atom stereocenters. The molecule has 1 aliphatic rings. The van der Waals surface area contributed by atoms with Crippen molar-refractivity contribution in [3.63, 3.8) is 0 Å². The third kappa shape index (κ3) is 13.3. The summed E-state index contributed by atoms with van der Waals surface area (Å²) in [7, 11) is 0. The highest BCUT2D eigenvalue weighted by Gasteiger charge is 2.36. The Bertz CT molecular complexity index is 1880. The van der Waals surface area contributed by atoms with Crippen molar-refractivity contribution < 1.29 is 51.8 Å². The first-order chi connectivity index (χ1) is 26.5. The van der Waals surface area contributed by atoms with Gasteiger partial charge in [-0.3, -0.25) is 10.1 Å². The van der Waals surface area contributed by atoms with Crippen LogP contribution in [0.4, 0.5) is 40.4 Å². The van der Waals surface area contributed by atoms with Crippen LogP contribution in [0.3, 0.4) is 0 Å². The number of carbonyl (C=O) groups is 3. The maximum Gasteiger partial charge on any atom is 0.514 e. The van der Waals surface area contributed by atoms with E-state index in [1.165, 1.54) is 35.2 Å². The number of ether oxygens (including phenoxy) is 5. The maximum atomic E-state index is 14.3. The van der Waals surface area contributed by atoms with Crippen molar-refractivity contribution >= 4 is 35.5 Å². The molecule has 1 fully saturated rings. The van der Waals surface area contributed by atoms with Crippen LogP contribution in [-0.2, 0) is 19.7 Å². The fourth-order valence-corrected chi connectivity index (χ4v) is 5.82. The number of rotatable bonds is 13. The summed E-state index contributed by atoms with van der Waals surface area (Å²) in [6.07, 6.45) is -3.54. The van der Waals surface area contributed by atoms with E-state index >= 15 is 0 Å². The van der Waals surface area contributed by atoms with Crippen molar-refractivity contribution in [2.24, 2.45) is 0 Å². The van der Waals surface area contributed by atoms with E-state index in [1.807, 2.05) is 20.8 Å². The molecule has 2 heterocycles. The second kappa shape index (κ2) is 18.1. The zero-order chi connectivity index (χ0) is 42.3. The number of hydrogen-bond acceptors (Lipinski definition) is 12. The van der Waals surface area contributed by atoms with E-state index in [0.717, 1.165) is 6.07 Å². The van der Waals surface area contributed by atoms with Crippen molar-refractivity contribution in [3.05, 3.63) is 64.0 Å². The third-order valence-corrected chi connectivity index (χ3v) is 8.24. The number of benzene rings is 1. The quantitative estimate of drug-likeness (QED) is 0.0431. The normalized spacial score (nSPS) is 15.9. The number of halogens is 2. The average molecular weight is 803 g/mol. The molecule has 0 unspecified atom stereocenters. The lowest BCUT2D eigenvalue weighted by molar-refractivity contribution is -0.384. The van der Waals surface area contributed by atoms with E-state index < -0.39 is 58.2 Å². The molecule has 1 N–H and O–H groups in total. The lowest BCUT2D eigenvalue weighted by Crippen LogP contribution is -2.37. The van der Waals surface area contributed by atoms with Gasteiger partial charge in [0, 0.05) is 36.7 Å². The van der Waals surface area contributed by atoms with Crippen LogP contribution in [0.1, 0.15) is 118 Å². The van der Waals surface area contributed by atoms with Crippen LogP contribution in [0.5, 0.6) is 11.6 Å². The van der Waals surface area contributed by atoms with E-state index in [0.29, 0.717) is 44.3 Å². The molecule has 0 spiro atoms. The van der Waals surface area contributed by atoms with Gasteiger partial charge in [0.25, 0.3) is 12.1 Å². The molecule has 1 saturated carbocycles. The fourth-order valence-electron chi connectivity index (χ4n) is 5.82. The molecule has 0 aliphatic heterocycles. The number of nitrogens with one attached hydrogen (secondary N) is 1. The summed E-state index contributed by atoms with van der Waals surface area (Å²) in [5.41, 5.74) is -2.52. The van der Waals surface area contributed by atoms with E-state index in [-0.39, 0.29) is 41.3 Å². The van der Waals surface area contributed by atoms with Crippen LogP contribution in [0.15, 0.2) is 42.5 Å². The Morgan fingerprint density at radius 3 is 2.23 bits per heavy atom. The Labute approximate surface area is 330 Å². The highest BCUT2D eigenvalue weighted by atomic mass is 19.3. The monoisotopic (exact) mass is 802 g/mol. The number of pyridine rings is 1. The number of alkyl halides is 2. The van der Waals surface area contributed by atoms with Crippen molar-refractivity contribution in [1.82, 2.24) is 20.1 Å². The number of carbonyl (C=O) groups excluding carboxylic acids is 3. The molecule has 4 rings (SSSR count). The number of nitrogens with zero attached hydrogens (tertiary/aromatic N) is 5. The van der Waals surface area contributed by atoms with Crippen molar-refractivity contribution in [3.8, 4) is 11.6 Å².